The van der Waals surface area contributed by atoms with E-state index < -0.39 is 17.2 Å². The molecule has 3 N–H and O–H groups in total. The molecule has 0 unspecified atom stereocenters. The first-order chi connectivity index (χ1) is 19.6. The standard InChI is InChI=1S/C29H27F2N9O/c1-29(2,41)14-39-24-12-20(31)18(11-22(24)36-37-39)26-25(15-3-4-16(13-32)19(30)9-15)35-28-27(34-7-8-38(26)28)40-17-5-6-23(40)21(33)10-17/h3-4,7-9,11-12,17,21,23,41H,5-6,10,14,33H2,1-2H3/t17-,21+,23+/m1/s1. The van der Waals surface area contributed by atoms with E-state index in [4.69, 9.17) is 10.7 Å². The molecule has 2 aliphatic heterocycles. The second-order valence-corrected chi connectivity index (χ2v) is 11.5. The van der Waals surface area contributed by atoms with Gasteiger partial charge in [-0.1, -0.05) is 11.3 Å². The number of hydrogen-bond donors (Lipinski definition) is 2. The van der Waals surface area contributed by atoms with Gasteiger partial charge in [0.1, 0.15) is 23.2 Å². The van der Waals surface area contributed by atoms with Crippen molar-refractivity contribution in [2.24, 2.45) is 5.73 Å². The molecule has 2 aliphatic rings. The number of nitriles is 1. The van der Waals surface area contributed by atoms with Crippen LogP contribution in [0.5, 0.6) is 0 Å². The van der Waals surface area contributed by atoms with Crippen molar-refractivity contribution in [3.05, 3.63) is 59.9 Å². The van der Waals surface area contributed by atoms with Gasteiger partial charge in [0.05, 0.1) is 34.6 Å². The predicted molar refractivity (Wildman–Crippen MR) is 148 cm³/mol. The first-order valence-corrected chi connectivity index (χ1v) is 13.5. The van der Waals surface area contributed by atoms with E-state index in [2.05, 4.69) is 20.2 Å². The molecule has 7 rings (SSSR count). The number of imidazole rings is 1. The molecule has 12 heteroatoms. The lowest BCUT2D eigenvalue weighted by molar-refractivity contribution is 0.0585. The van der Waals surface area contributed by atoms with Gasteiger partial charge in [0.2, 0.25) is 0 Å². The Morgan fingerprint density at radius 3 is 2.68 bits per heavy atom. The third-order valence-electron chi connectivity index (χ3n) is 8.11. The molecule has 3 atom stereocenters. The van der Waals surface area contributed by atoms with E-state index in [9.17, 15) is 14.8 Å². The number of benzene rings is 2. The minimum absolute atomic E-state index is 0.0312. The zero-order valence-corrected chi connectivity index (χ0v) is 22.5. The van der Waals surface area contributed by atoms with Gasteiger partial charge in [-0.3, -0.25) is 4.40 Å². The molecule has 2 aromatic carbocycles. The zero-order chi connectivity index (χ0) is 28.6. The number of anilines is 1. The first kappa shape index (κ1) is 25.5. The van der Waals surface area contributed by atoms with Crippen molar-refractivity contribution < 1.29 is 13.9 Å². The number of nitrogens with zero attached hydrogens (tertiary/aromatic N) is 8. The smallest absolute Gasteiger partial charge is 0.181 e. The number of rotatable bonds is 5. The predicted octanol–water partition coefficient (Wildman–Crippen LogP) is 3.80. The van der Waals surface area contributed by atoms with Crippen LogP contribution in [0.1, 0.15) is 38.7 Å². The van der Waals surface area contributed by atoms with E-state index >= 15 is 4.39 Å². The largest absolute Gasteiger partial charge is 0.389 e. The highest BCUT2D eigenvalue weighted by Gasteiger charge is 2.46. The number of nitrogens with two attached hydrogens (primary N) is 1. The second-order valence-electron chi connectivity index (χ2n) is 11.5. The molecular weight excluding hydrogens is 528 g/mol. The molecule has 41 heavy (non-hydrogen) atoms. The summed E-state index contributed by atoms with van der Waals surface area (Å²) >= 11 is 0. The Labute approximate surface area is 233 Å². The van der Waals surface area contributed by atoms with Gasteiger partial charge in [-0.25, -0.2) is 23.4 Å². The maximum Gasteiger partial charge on any atom is 0.181 e. The maximum absolute atomic E-state index is 16.0. The SMILES string of the molecule is CC(C)(O)Cn1nnc2cc(-c3c(-c4ccc(C#N)c(F)c4)nc4c(N5[C@@H]6CC[C@H]5[C@@H](N)C6)nccn34)c(F)cc21. The van der Waals surface area contributed by atoms with Crippen LogP contribution in [-0.4, -0.2) is 58.2 Å². The third kappa shape index (κ3) is 4.03. The minimum atomic E-state index is -1.08. The molecule has 3 aromatic heterocycles. The fourth-order valence-corrected chi connectivity index (χ4v) is 6.38. The first-order valence-electron chi connectivity index (χ1n) is 13.5. The van der Waals surface area contributed by atoms with Crippen LogP contribution in [0.15, 0.2) is 42.7 Å². The van der Waals surface area contributed by atoms with Gasteiger partial charge in [0.15, 0.2) is 11.5 Å². The monoisotopic (exact) mass is 555 g/mol. The lowest BCUT2D eigenvalue weighted by Gasteiger charge is -2.24. The summed E-state index contributed by atoms with van der Waals surface area (Å²) in [6.07, 6.45) is 6.18. The van der Waals surface area contributed by atoms with E-state index in [1.807, 2.05) is 6.07 Å². The highest BCUT2D eigenvalue weighted by atomic mass is 19.1. The Morgan fingerprint density at radius 1 is 1.17 bits per heavy atom. The normalized spacial score (nSPS) is 20.4. The van der Waals surface area contributed by atoms with Crippen molar-refractivity contribution in [3.8, 4) is 28.6 Å². The number of aromatic nitrogens is 6. The van der Waals surface area contributed by atoms with E-state index in [0.717, 1.165) is 19.3 Å². The topological polar surface area (TPSA) is 134 Å². The summed E-state index contributed by atoms with van der Waals surface area (Å²) < 4.78 is 34.1. The highest BCUT2D eigenvalue weighted by Crippen LogP contribution is 2.43. The lowest BCUT2D eigenvalue weighted by atomic mass is 9.97. The minimum Gasteiger partial charge on any atom is -0.389 e. The van der Waals surface area contributed by atoms with Crippen LogP contribution in [0.25, 0.3) is 39.2 Å². The fourth-order valence-electron chi connectivity index (χ4n) is 6.38. The van der Waals surface area contributed by atoms with Gasteiger partial charge in [-0.15, -0.1) is 5.10 Å². The summed E-state index contributed by atoms with van der Waals surface area (Å²) in [7, 11) is 0. The summed E-state index contributed by atoms with van der Waals surface area (Å²) in [5, 5.41) is 27.9. The molecule has 10 nitrogen and oxygen atoms in total. The summed E-state index contributed by atoms with van der Waals surface area (Å²) in [5.41, 5.74) is 7.90. The molecule has 0 spiro atoms. The average Bonchev–Trinajstić information content (AvgIpc) is 3.68. The van der Waals surface area contributed by atoms with E-state index in [-0.39, 0.29) is 35.8 Å². The van der Waals surface area contributed by atoms with Crippen LogP contribution >= 0.6 is 0 Å². The van der Waals surface area contributed by atoms with Gasteiger partial charge in [0.25, 0.3) is 0 Å². The van der Waals surface area contributed by atoms with Crippen LogP contribution in [0, 0.1) is 23.0 Å². The number of halogens is 2. The van der Waals surface area contributed by atoms with Gasteiger partial charge >= 0.3 is 0 Å². The van der Waals surface area contributed by atoms with E-state index in [0.29, 0.717) is 39.4 Å². The van der Waals surface area contributed by atoms with Crippen LogP contribution in [0.2, 0.25) is 0 Å². The summed E-state index contributed by atoms with van der Waals surface area (Å²) in [4.78, 5) is 11.8. The van der Waals surface area contributed by atoms with Gasteiger partial charge < -0.3 is 15.7 Å². The van der Waals surface area contributed by atoms with Crippen molar-refractivity contribution in [1.82, 2.24) is 29.4 Å². The molecule has 2 bridgehead atoms. The molecule has 2 fully saturated rings. The Kier molecular flexibility index (Phi) is 5.61. The van der Waals surface area contributed by atoms with Gasteiger partial charge in [0, 0.05) is 47.7 Å². The molecule has 0 amide bonds. The molecule has 0 radical (unpaired) electrons. The Hall–Kier alpha value is -4.47. The Bertz CT molecular complexity index is 1880. The molecular formula is C29H27F2N9O. The van der Waals surface area contributed by atoms with Crippen molar-refractivity contribution >= 4 is 22.5 Å². The van der Waals surface area contributed by atoms with Crippen molar-refractivity contribution in [2.45, 2.75) is 63.4 Å². The van der Waals surface area contributed by atoms with Gasteiger partial charge in [-0.05, 0) is 51.3 Å². The third-order valence-corrected chi connectivity index (χ3v) is 8.11. The number of hydrogen-bond acceptors (Lipinski definition) is 8. The number of fused-ring (bicyclic) bond motifs is 4. The highest BCUT2D eigenvalue weighted by molar-refractivity contribution is 5.89. The Morgan fingerprint density at radius 2 is 2.00 bits per heavy atom. The Balaban J connectivity index is 1.47. The van der Waals surface area contributed by atoms with Crippen LogP contribution < -0.4 is 10.6 Å². The molecule has 0 saturated carbocycles. The lowest BCUT2D eigenvalue weighted by Crippen LogP contribution is -2.37. The van der Waals surface area contributed by atoms with Crippen LogP contribution in [0.4, 0.5) is 14.6 Å². The van der Waals surface area contributed by atoms with E-state index in [1.54, 1.807) is 42.8 Å². The maximum atomic E-state index is 16.0. The summed E-state index contributed by atoms with van der Waals surface area (Å²) in [5.74, 6) is -0.608. The van der Waals surface area contributed by atoms with Crippen LogP contribution in [0.3, 0.4) is 0 Å². The average molecular weight is 556 g/mol. The molecule has 208 valence electrons. The van der Waals surface area contributed by atoms with E-state index in [1.165, 1.54) is 22.9 Å². The quantitative estimate of drug-likeness (QED) is 0.335. The zero-order valence-electron chi connectivity index (χ0n) is 22.5. The van der Waals surface area contributed by atoms with Crippen molar-refractivity contribution in [3.63, 3.8) is 0 Å². The van der Waals surface area contributed by atoms with Crippen molar-refractivity contribution in [2.75, 3.05) is 4.90 Å². The van der Waals surface area contributed by atoms with Crippen molar-refractivity contribution in [1.29, 1.82) is 5.26 Å². The molecule has 2 saturated heterocycles. The molecule has 5 aromatic rings. The summed E-state index contributed by atoms with van der Waals surface area (Å²) in [6.45, 7) is 3.40. The van der Waals surface area contributed by atoms with Crippen LogP contribution in [-0.2, 0) is 6.54 Å². The molecule has 0 aliphatic carbocycles. The fraction of sp³-hybridized carbons (Fsp3) is 0.345. The second kappa shape index (κ2) is 9.02. The summed E-state index contributed by atoms with van der Waals surface area (Å²) in [6, 6.07) is 9.39. The van der Waals surface area contributed by atoms with Gasteiger partial charge in [-0.2, -0.15) is 5.26 Å². The molecule has 5 heterocycles. The number of aliphatic hydroxyl groups is 1.